The summed E-state index contributed by atoms with van der Waals surface area (Å²) in [6, 6.07) is 7.75. The Kier molecular flexibility index (Phi) is 5.04. The third-order valence-corrected chi connectivity index (χ3v) is 5.30. The van der Waals surface area contributed by atoms with Gasteiger partial charge in [-0.25, -0.2) is 0 Å². The van der Waals surface area contributed by atoms with Crippen LogP contribution < -0.4 is 5.32 Å². The fraction of sp³-hybridized carbons (Fsp3) is 0.500. The van der Waals surface area contributed by atoms with Crippen molar-refractivity contribution in [2.75, 3.05) is 18.4 Å². The van der Waals surface area contributed by atoms with Gasteiger partial charge in [-0.05, 0) is 49.6 Å². The van der Waals surface area contributed by atoms with Crippen LogP contribution in [0.2, 0.25) is 0 Å². The summed E-state index contributed by atoms with van der Waals surface area (Å²) < 4.78 is 11.9. The van der Waals surface area contributed by atoms with Crippen LogP contribution in [0.1, 0.15) is 31.3 Å². The van der Waals surface area contributed by atoms with Crippen molar-refractivity contribution >= 4 is 11.6 Å². The van der Waals surface area contributed by atoms with Crippen molar-refractivity contribution in [1.29, 1.82) is 0 Å². The first-order valence-corrected chi connectivity index (χ1v) is 9.37. The van der Waals surface area contributed by atoms with Crippen LogP contribution in [0.25, 0.3) is 0 Å². The van der Waals surface area contributed by atoms with Gasteiger partial charge in [-0.2, -0.15) is 0 Å². The van der Waals surface area contributed by atoms with Gasteiger partial charge in [0.2, 0.25) is 0 Å². The maximum absolute atomic E-state index is 12.5. The molecule has 0 unspecified atom stereocenters. The zero-order chi connectivity index (χ0) is 17.9. The van der Waals surface area contributed by atoms with Gasteiger partial charge in [0.25, 0.3) is 5.91 Å². The summed E-state index contributed by atoms with van der Waals surface area (Å²) in [5, 5.41) is 2.90. The molecule has 1 N–H and O–H groups in total. The molecule has 138 valence electrons. The summed E-state index contributed by atoms with van der Waals surface area (Å²) in [4.78, 5) is 18.9. The number of likely N-dealkylation sites (tertiary alicyclic amines) is 1. The Labute approximate surface area is 153 Å². The van der Waals surface area contributed by atoms with E-state index in [9.17, 15) is 4.79 Å². The fourth-order valence-electron chi connectivity index (χ4n) is 3.88. The standard InChI is InChI=1S/C20H25N3O3/c1-2-16-5-6-17(25-16)12-23-9-7-14-10-18(26-19(14)13-23)20(24)22-15-4-3-8-21-11-15/h3-6,8,11,14,18-19H,2,7,9-10,12-13H2,1H3,(H,22,24)/t14-,18-,19+/m1/s1. The van der Waals surface area contributed by atoms with Crippen LogP contribution in [0.5, 0.6) is 0 Å². The molecular weight excluding hydrogens is 330 g/mol. The minimum Gasteiger partial charge on any atom is -0.465 e. The zero-order valence-electron chi connectivity index (χ0n) is 15.1. The van der Waals surface area contributed by atoms with Crippen LogP contribution in [0.15, 0.2) is 41.1 Å². The van der Waals surface area contributed by atoms with E-state index >= 15 is 0 Å². The van der Waals surface area contributed by atoms with E-state index in [4.69, 9.17) is 9.15 Å². The molecule has 4 heterocycles. The number of carbonyl (C=O) groups excluding carboxylic acids is 1. The molecule has 2 aromatic heterocycles. The van der Waals surface area contributed by atoms with Gasteiger partial charge in [0.05, 0.1) is 24.5 Å². The van der Waals surface area contributed by atoms with Crippen molar-refractivity contribution in [3.05, 3.63) is 48.2 Å². The lowest BCUT2D eigenvalue weighted by Gasteiger charge is -2.33. The van der Waals surface area contributed by atoms with Crippen molar-refractivity contribution in [2.45, 2.75) is 44.9 Å². The molecule has 6 heteroatoms. The largest absolute Gasteiger partial charge is 0.465 e. The molecule has 1 amide bonds. The van der Waals surface area contributed by atoms with Crippen molar-refractivity contribution < 1.29 is 13.9 Å². The molecule has 0 aromatic carbocycles. The summed E-state index contributed by atoms with van der Waals surface area (Å²) in [7, 11) is 0. The number of carbonyl (C=O) groups is 1. The zero-order valence-corrected chi connectivity index (χ0v) is 15.1. The van der Waals surface area contributed by atoms with E-state index in [0.29, 0.717) is 11.6 Å². The Hall–Kier alpha value is -2.18. The summed E-state index contributed by atoms with van der Waals surface area (Å²) in [5.74, 6) is 2.42. The van der Waals surface area contributed by atoms with Gasteiger partial charge in [-0.3, -0.25) is 14.7 Å². The number of fused-ring (bicyclic) bond motifs is 1. The summed E-state index contributed by atoms with van der Waals surface area (Å²) in [5.41, 5.74) is 0.710. The smallest absolute Gasteiger partial charge is 0.253 e. The highest BCUT2D eigenvalue weighted by Crippen LogP contribution is 2.34. The molecule has 2 aliphatic rings. The second-order valence-corrected chi connectivity index (χ2v) is 7.14. The number of amides is 1. The Morgan fingerprint density at radius 1 is 1.35 bits per heavy atom. The lowest BCUT2D eigenvalue weighted by atomic mass is 9.91. The lowest BCUT2D eigenvalue weighted by molar-refractivity contribution is -0.127. The fourth-order valence-corrected chi connectivity index (χ4v) is 3.88. The number of nitrogens with zero attached hydrogens (tertiary/aromatic N) is 2. The number of furan rings is 1. The summed E-state index contributed by atoms with van der Waals surface area (Å²) in [6.07, 6.45) is 5.85. The average molecular weight is 355 g/mol. The van der Waals surface area contributed by atoms with Gasteiger partial charge >= 0.3 is 0 Å². The molecule has 0 aliphatic carbocycles. The number of aromatic nitrogens is 1. The first kappa shape index (κ1) is 17.2. The molecule has 0 saturated carbocycles. The van der Waals surface area contributed by atoms with Crippen LogP contribution in [0.4, 0.5) is 5.69 Å². The number of pyridine rings is 1. The maximum atomic E-state index is 12.5. The molecular formula is C20H25N3O3. The van der Waals surface area contributed by atoms with Gasteiger partial charge in [0.1, 0.15) is 17.6 Å². The molecule has 0 spiro atoms. The van der Waals surface area contributed by atoms with Crippen molar-refractivity contribution in [1.82, 2.24) is 9.88 Å². The van der Waals surface area contributed by atoms with Gasteiger partial charge in [-0.15, -0.1) is 0 Å². The third-order valence-electron chi connectivity index (χ3n) is 5.30. The Balaban J connectivity index is 1.32. The maximum Gasteiger partial charge on any atom is 0.253 e. The average Bonchev–Trinajstić information content (AvgIpc) is 3.29. The number of ether oxygens (including phenoxy) is 1. The van der Waals surface area contributed by atoms with Crippen molar-refractivity contribution in [2.24, 2.45) is 5.92 Å². The SMILES string of the molecule is CCc1ccc(CN2CC[C@@H]3C[C@H](C(=O)Nc4cccnc4)O[C@H]3C2)o1. The quantitative estimate of drug-likeness (QED) is 0.893. The van der Waals surface area contributed by atoms with Crippen molar-refractivity contribution in [3.63, 3.8) is 0 Å². The normalized spacial score (nSPS) is 25.8. The van der Waals surface area contributed by atoms with Crippen LogP contribution in [0, 0.1) is 5.92 Å². The van der Waals surface area contributed by atoms with Gasteiger partial charge < -0.3 is 14.5 Å². The summed E-state index contributed by atoms with van der Waals surface area (Å²) in [6.45, 7) is 4.77. The second kappa shape index (κ2) is 7.60. The van der Waals surface area contributed by atoms with Gasteiger partial charge in [0.15, 0.2) is 0 Å². The highest BCUT2D eigenvalue weighted by Gasteiger charge is 2.41. The Bertz CT molecular complexity index is 746. The number of rotatable bonds is 5. The minimum atomic E-state index is -0.375. The first-order chi connectivity index (χ1) is 12.7. The molecule has 2 saturated heterocycles. The number of piperidine rings is 1. The van der Waals surface area contributed by atoms with Gasteiger partial charge in [0, 0.05) is 19.2 Å². The van der Waals surface area contributed by atoms with Crippen LogP contribution >= 0.6 is 0 Å². The highest BCUT2D eigenvalue weighted by atomic mass is 16.5. The third kappa shape index (κ3) is 3.81. The highest BCUT2D eigenvalue weighted by molar-refractivity contribution is 5.94. The summed E-state index contributed by atoms with van der Waals surface area (Å²) >= 11 is 0. The van der Waals surface area contributed by atoms with E-state index in [-0.39, 0.29) is 18.1 Å². The van der Waals surface area contributed by atoms with Crippen LogP contribution in [-0.4, -0.2) is 41.1 Å². The van der Waals surface area contributed by atoms with E-state index in [1.54, 1.807) is 18.5 Å². The molecule has 6 nitrogen and oxygen atoms in total. The minimum absolute atomic E-state index is 0.0717. The Morgan fingerprint density at radius 3 is 3.00 bits per heavy atom. The van der Waals surface area contributed by atoms with Crippen LogP contribution in [-0.2, 0) is 22.5 Å². The number of hydrogen-bond donors (Lipinski definition) is 1. The monoisotopic (exact) mass is 355 g/mol. The van der Waals surface area contributed by atoms with E-state index < -0.39 is 0 Å². The molecule has 2 aliphatic heterocycles. The first-order valence-electron chi connectivity index (χ1n) is 9.37. The van der Waals surface area contributed by atoms with Gasteiger partial charge in [-0.1, -0.05) is 6.92 Å². The molecule has 0 radical (unpaired) electrons. The lowest BCUT2D eigenvalue weighted by Crippen LogP contribution is -2.41. The van der Waals surface area contributed by atoms with Crippen molar-refractivity contribution in [3.8, 4) is 0 Å². The predicted octanol–water partition coefficient (Wildman–Crippen LogP) is 2.86. The molecule has 0 bridgehead atoms. The number of hydrogen-bond acceptors (Lipinski definition) is 5. The molecule has 4 rings (SSSR count). The number of anilines is 1. The molecule has 2 fully saturated rings. The second-order valence-electron chi connectivity index (χ2n) is 7.14. The van der Waals surface area contributed by atoms with E-state index in [1.165, 1.54) is 0 Å². The van der Waals surface area contributed by atoms with E-state index in [0.717, 1.165) is 50.4 Å². The van der Waals surface area contributed by atoms with E-state index in [2.05, 4.69) is 28.2 Å². The number of nitrogens with one attached hydrogen (secondary N) is 1. The number of aryl methyl sites for hydroxylation is 1. The Morgan fingerprint density at radius 2 is 2.23 bits per heavy atom. The predicted molar refractivity (Wildman–Crippen MR) is 97.6 cm³/mol. The molecule has 3 atom stereocenters. The molecule has 2 aromatic rings. The van der Waals surface area contributed by atoms with E-state index in [1.807, 2.05) is 12.1 Å². The molecule has 26 heavy (non-hydrogen) atoms. The van der Waals surface area contributed by atoms with Crippen LogP contribution in [0.3, 0.4) is 0 Å². The topological polar surface area (TPSA) is 67.6 Å².